The molecule has 1 amide bonds. The quantitative estimate of drug-likeness (QED) is 0.302. The lowest BCUT2D eigenvalue weighted by molar-refractivity contribution is -0.116. The van der Waals surface area contributed by atoms with Crippen LogP contribution in [-0.2, 0) is 4.79 Å². The SMILES string of the molecule is COc1ccc(SCCCC(=O)Nc2nc3ccc4ccccc4c3s2)cc1. The summed E-state index contributed by atoms with van der Waals surface area (Å²) in [4.78, 5) is 18.0. The van der Waals surface area contributed by atoms with Gasteiger partial charge in [0.2, 0.25) is 5.91 Å². The van der Waals surface area contributed by atoms with Crippen LogP contribution < -0.4 is 10.1 Å². The summed E-state index contributed by atoms with van der Waals surface area (Å²) in [5, 5.41) is 5.98. The largest absolute Gasteiger partial charge is 0.497 e. The zero-order valence-corrected chi connectivity index (χ0v) is 17.1. The van der Waals surface area contributed by atoms with Crippen molar-refractivity contribution in [2.45, 2.75) is 17.7 Å². The van der Waals surface area contributed by atoms with Crippen LogP contribution in [0.2, 0.25) is 0 Å². The van der Waals surface area contributed by atoms with Crippen molar-refractivity contribution in [2.24, 2.45) is 0 Å². The van der Waals surface area contributed by atoms with Gasteiger partial charge in [-0.2, -0.15) is 0 Å². The molecule has 4 nitrogen and oxygen atoms in total. The van der Waals surface area contributed by atoms with Gasteiger partial charge < -0.3 is 10.1 Å². The number of thiazole rings is 1. The number of ether oxygens (including phenoxy) is 1. The zero-order chi connectivity index (χ0) is 19.3. The van der Waals surface area contributed by atoms with E-state index in [0.29, 0.717) is 11.6 Å². The van der Waals surface area contributed by atoms with Gasteiger partial charge in [0.15, 0.2) is 5.13 Å². The molecular weight excluding hydrogens is 388 g/mol. The van der Waals surface area contributed by atoms with Crippen molar-refractivity contribution < 1.29 is 9.53 Å². The highest BCUT2D eigenvalue weighted by molar-refractivity contribution is 7.99. The van der Waals surface area contributed by atoms with Gasteiger partial charge in [0, 0.05) is 16.7 Å². The van der Waals surface area contributed by atoms with Crippen molar-refractivity contribution in [1.29, 1.82) is 0 Å². The number of anilines is 1. The van der Waals surface area contributed by atoms with E-state index < -0.39 is 0 Å². The molecule has 0 bridgehead atoms. The monoisotopic (exact) mass is 408 g/mol. The Kier molecular flexibility index (Phi) is 5.78. The van der Waals surface area contributed by atoms with Gasteiger partial charge >= 0.3 is 0 Å². The van der Waals surface area contributed by atoms with E-state index in [0.717, 1.165) is 28.1 Å². The van der Waals surface area contributed by atoms with Gasteiger partial charge in [-0.15, -0.1) is 11.8 Å². The molecule has 0 saturated heterocycles. The number of carbonyl (C=O) groups excluding carboxylic acids is 1. The van der Waals surface area contributed by atoms with Crippen molar-refractivity contribution in [3.05, 3.63) is 60.7 Å². The van der Waals surface area contributed by atoms with Crippen molar-refractivity contribution in [1.82, 2.24) is 4.98 Å². The summed E-state index contributed by atoms with van der Waals surface area (Å²) in [6, 6.07) is 20.3. The van der Waals surface area contributed by atoms with Crippen LogP contribution in [0.3, 0.4) is 0 Å². The molecule has 0 saturated carbocycles. The van der Waals surface area contributed by atoms with Crippen LogP contribution in [-0.4, -0.2) is 23.8 Å². The molecule has 0 aliphatic carbocycles. The second-order valence-electron chi connectivity index (χ2n) is 6.33. The number of hydrogen-bond donors (Lipinski definition) is 1. The van der Waals surface area contributed by atoms with E-state index in [1.54, 1.807) is 18.9 Å². The Balaban J connectivity index is 1.31. The number of amides is 1. The van der Waals surface area contributed by atoms with Crippen LogP contribution in [0.25, 0.3) is 21.0 Å². The van der Waals surface area contributed by atoms with Gasteiger partial charge in [-0.05, 0) is 47.9 Å². The molecule has 0 atom stereocenters. The van der Waals surface area contributed by atoms with E-state index in [1.807, 2.05) is 42.5 Å². The summed E-state index contributed by atoms with van der Waals surface area (Å²) < 4.78 is 6.28. The summed E-state index contributed by atoms with van der Waals surface area (Å²) in [5.74, 6) is 1.76. The highest BCUT2D eigenvalue weighted by Crippen LogP contribution is 2.32. The number of methoxy groups -OCH3 is 1. The molecule has 1 heterocycles. The van der Waals surface area contributed by atoms with E-state index in [1.165, 1.54) is 27.0 Å². The van der Waals surface area contributed by atoms with Crippen LogP contribution in [0.4, 0.5) is 5.13 Å². The summed E-state index contributed by atoms with van der Waals surface area (Å²) in [5.41, 5.74) is 0.925. The third-order valence-electron chi connectivity index (χ3n) is 4.40. The number of benzene rings is 3. The smallest absolute Gasteiger partial charge is 0.226 e. The average molecular weight is 409 g/mol. The topological polar surface area (TPSA) is 51.2 Å². The van der Waals surface area contributed by atoms with Crippen molar-refractivity contribution in [2.75, 3.05) is 18.2 Å². The highest BCUT2D eigenvalue weighted by Gasteiger charge is 2.10. The van der Waals surface area contributed by atoms with Gasteiger partial charge in [-0.1, -0.05) is 41.7 Å². The van der Waals surface area contributed by atoms with Crippen molar-refractivity contribution in [3.8, 4) is 5.75 Å². The predicted molar refractivity (Wildman–Crippen MR) is 119 cm³/mol. The fourth-order valence-corrected chi connectivity index (χ4v) is 4.85. The third kappa shape index (κ3) is 4.29. The van der Waals surface area contributed by atoms with E-state index in [9.17, 15) is 4.79 Å². The summed E-state index contributed by atoms with van der Waals surface area (Å²) in [7, 11) is 1.66. The summed E-state index contributed by atoms with van der Waals surface area (Å²) in [6.07, 6.45) is 1.30. The van der Waals surface area contributed by atoms with E-state index in [2.05, 4.69) is 28.5 Å². The number of carbonyl (C=O) groups is 1. The second-order valence-corrected chi connectivity index (χ2v) is 8.50. The number of rotatable bonds is 7. The predicted octanol–water partition coefficient (Wildman–Crippen LogP) is 5.97. The maximum absolute atomic E-state index is 12.3. The molecule has 3 aromatic carbocycles. The number of aromatic nitrogens is 1. The van der Waals surface area contributed by atoms with E-state index in [-0.39, 0.29) is 5.91 Å². The average Bonchev–Trinajstić information content (AvgIpc) is 3.14. The fraction of sp³-hybridized carbons (Fsp3) is 0.182. The van der Waals surface area contributed by atoms with Crippen LogP contribution >= 0.6 is 23.1 Å². The highest BCUT2D eigenvalue weighted by atomic mass is 32.2. The summed E-state index contributed by atoms with van der Waals surface area (Å²) >= 11 is 3.28. The standard InChI is InChI=1S/C22H20N2O2S2/c1-26-16-9-11-17(12-10-16)27-14-4-7-20(25)24-22-23-19-13-8-15-5-2-3-6-18(15)21(19)28-22/h2-3,5-6,8-13H,4,7,14H2,1H3,(H,23,24,25). The molecule has 0 spiro atoms. The van der Waals surface area contributed by atoms with Gasteiger partial charge in [0.05, 0.1) is 17.3 Å². The minimum atomic E-state index is 0.0127. The first-order valence-corrected chi connectivity index (χ1v) is 10.9. The Bertz CT molecular complexity index is 1110. The Hall–Kier alpha value is -2.57. The molecule has 28 heavy (non-hydrogen) atoms. The Morgan fingerprint density at radius 3 is 2.75 bits per heavy atom. The van der Waals surface area contributed by atoms with Crippen molar-refractivity contribution >= 4 is 55.1 Å². The van der Waals surface area contributed by atoms with Crippen molar-refractivity contribution in [3.63, 3.8) is 0 Å². The maximum Gasteiger partial charge on any atom is 0.226 e. The van der Waals surface area contributed by atoms with E-state index >= 15 is 0 Å². The molecule has 0 fully saturated rings. The zero-order valence-electron chi connectivity index (χ0n) is 15.5. The molecule has 1 N–H and O–H groups in total. The maximum atomic E-state index is 12.3. The van der Waals surface area contributed by atoms with Gasteiger partial charge in [-0.3, -0.25) is 4.79 Å². The minimum absolute atomic E-state index is 0.0127. The number of nitrogens with one attached hydrogen (secondary N) is 1. The molecule has 0 unspecified atom stereocenters. The first-order chi connectivity index (χ1) is 13.7. The number of fused-ring (bicyclic) bond motifs is 3. The lowest BCUT2D eigenvalue weighted by Crippen LogP contribution is -2.11. The fourth-order valence-electron chi connectivity index (χ4n) is 2.99. The molecule has 0 aliphatic heterocycles. The molecule has 0 aliphatic rings. The molecule has 4 aromatic rings. The van der Waals surface area contributed by atoms with Gasteiger partial charge in [0.1, 0.15) is 5.75 Å². The second kappa shape index (κ2) is 8.63. The summed E-state index contributed by atoms with van der Waals surface area (Å²) in [6.45, 7) is 0. The molecule has 4 rings (SSSR count). The Labute approximate surface area is 171 Å². The van der Waals surface area contributed by atoms with E-state index in [4.69, 9.17) is 4.74 Å². The Morgan fingerprint density at radius 2 is 1.93 bits per heavy atom. The normalized spacial score (nSPS) is 11.0. The first kappa shape index (κ1) is 18.8. The first-order valence-electron chi connectivity index (χ1n) is 9.08. The number of thioether (sulfide) groups is 1. The van der Waals surface area contributed by atoms with Crippen LogP contribution in [0, 0.1) is 0 Å². The number of hydrogen-bond acceptors (Lipinski definition) is 5. The van der Waals surface area contributed by atoms with Crippen LogP contribution in [0.1, 0.15) is 12.8 Å². The third-order valence-corrected chi connectivity index (χ3v) is 6.52. The molecule has 0 radical (unpaired) electrons. The molecule has 1 aromatic heterocycles. The molecule has 6 heteroatoms. The number of nitrogens with zero attached hydrogens (tertiary/aromatic N) is 1. The van der Waals surface area contributed by atoms with Crippen LogP contribution in [0.5, 0.6) is 5.75 Å². The lowest BCUT2D eigenvalue weighted by Gasteiger charge is -2.04. The molecular formula is C22H20N2O2S2. The van der Waals surface area contributed by atoms with Crippen LogP contribution in [0.15, 0.2) is 65.6 Å². The Morgan fingerprint density at radius 1 is 1.11 bits per heavy atom. The minimum Gasteiger partial charge on any atom is -0.497 e. The van der Waals surface area contributed by atoms with Gasteiger partial charge in [0.25, 0.3) is 0 Å². The lowest BCUT2D eigenvalue weighted by atomic mass is 10.1. The van der Waals surface area contributed by atoms with Gasteiger partial charge in [-0.25, -0.2) is 4.98 Å². The molecule has 142 valence electrons.